The second-order valence-electron chi connectivity index (χ2n) is 3.78. The second kappa shape index (κ2) is 6.56. The zero-order valence-electron chi connectivity index (χ0n) is 10.1. The fourth-order valence-corrected chi connectivity index (χ4v) is 1.59. The first-order chi connectivity index (χ1) is 8.66. The maximum atomic E-state index is 12.1. The number of halogens is 1. The molecule has 0 bridgehead atoms. The van der Waals surface area contributed by atoms with E-state index in [2.05, 4.69) is 4.99 Å². The molecule has 0 aliphatic carbocycles. The van der Waals surface area contributed by atoms with Crippen molar-refractivity contribution in [1.82, 2.24) is 0 Å². The van der Waals surface area contributed by atoms with Gasteiger partial charge in [-0.15, -0.1) is 12.4 Å². The SMILES string of the molecule is Cl.NC(N)=Nc1ccc(C(=O)c2ccccc2)cc1. The normalized spacial score (nSPS) is 9.26. The summed E-state index contributed by atoms with van der Waals surface area (Å²) in [6.07, 6.45) is 0. The molecule has 4 N–H and O–H groups in total. The minimum absolute atomic E-state index is 0. The Morgan fingerprint density at radius 2 is 1.37 bits per heavy atom. The third-order valence-corrected chi connectivity index (χ3v) is 2.42. The molecular formula is C14H14ClN3O. The van der Waals surface area contributed by atoms with Gasteiger partial charge in [0.1, 0.15) is 0 Å². The fourth-order valence-electron chi connectivity index (χ4n) is 1.59. The van der Waals surface area contributed by atoms with E-state index < -0.39 is 0 Å². The molecule has 0 atom stereocenters. The van der Waals surface area contributed by atoms with Crippen LogP contribution in [0.1, 0.15) is 15.9 Å². The van der Waals surface area contributed by atoms with Crippen LogP contribution in [0.25, 0.3) is 0 Å². The van der Waals surface area contributed by atoms with E-state index in [0.29, 0.717) is 16.8 Å². The van der Waals surface area contributed by atoms with E-state index in [0.717, 1.165) is 0 Å². The number of hydrogen-bond donors (Lipinski definition) is 2. The minimum Gasteiger partial charge on any atom is -0.370 e. The van der Waals surface area contributed by atoms with E-state index >= 15 is 0 Å². The van der Waals surface area contributed by atoms with Crippen LogP contribution in [0.4, 0.5) is 5.69 Å². The number of guanidine groups is 1. The summed E-state index contributed by atoms with van der Waals surface area (Å²) in [5, 5.41) is 0. The van der Waals surface area contributed by atoms with Crippen molar-refractivity contribution in [2.45, 2.75) is 0 Å². The van der Waals surface area contributed by atoms with Gasteiger partial charge in [-0.1, -0.05) is 30.3 Å². The Kier molecular flexibility index (Phi) is 5.09. The first-order valence-corrected chi connectivity index (χ1v) is 5.46. The maximum absolute atomic E-state index is 12.1. The maximum Gasteiger partial charge on any atom is 0.193 e. The molecule has 2 aromatic rings. The number of rotatable bonds is 3. The van der Waals surface area contributed by atoms with E-state index in [1.165, 1.54) is 0 Å². The second-order valence-corrected chi connectivity index (χ2v) is 3.78. The summed E-state index contributed by atoms with van der Waals surface area (Å²) >= 11 is 0. The van der Waals surface area contributed by atoms with Crippen molar-refractivity contribution in [3.05, 3.63) is 65.7 Å². The average molecular weight is 276 g/mol. The molecule has 0 amide bonds. The third kappa shape index (κ3) is 3.82. The van der Waals surface area contributed by atoms with Crippen molar-refractivity contribution in [2.75, 3.05) is 0 Å². The molecule has 2 rings (SSSR count). The van der Waals surface area contributed by atoms with Crippen LogP contribution in [0, 0.1) is 0 Å². The molecule has 0 aliphatic heterocycles. The van der Waals surface area contributed by atoms with Crippen LogP contribution in [0.3, 0.4) is 0 Å². The number of carbonyl (C=O) groups excluding carboxylic acids is 1. The summed E-state index contributed by atoms with van der Waals surface area (Å²) in [6, 6.07) is 15.9. The van der Waals surface area contributed by atoms with Gasteiger partial charge in [-0.05, 0) is 24.3 Å². The van der Waals surface area contributed by atoms with E-state index in [1.54, 1.807) is 36.4 Å². The number of benzene rings is 2. The summed E-state index contributed by atoms with van der Waals surface area (Å²) in [7, 11) is 0. The van der Waals surface area contributed by atoms with Crippen molar-refractivity contribution >= 4 is 29.8 Å². The van der Waals surface area contributed by atoms with Crippen molar-refractivity contribution in [3.8, 4) is 0 Å². The lowest BCUT2D eigenvalue weighted by atomic mass is 10.0. The molecule has 0 spiro atoms. The number of nitrogens with zero attached hydrogens (tertiary/aromatic N) is 1. The highest BCUT2D eigenvalue weighted by atomic mass is 35.5. The predicted octanol–water partition coefficient (Wildman–Crippen LogP) is 2.24. The molecule has 98 valence electrons. The summed E-state index contributed by atoms with van der Waals surface area (Å²) in [4.78, 5) is 16.0. The molecular weight excluding hydrogens is 262 g/mol. The molecule has 0 radical (unpaired) electrons. The van der Waals surface area contributed by atoms with Gasteiger partial charge in [0, 0.05) is 11.1 Å². The molecule has 0 saturated carbocycles. The number of ketones is 1. The lowest BCUT2D eigenvalue weighted by Crippen LogP contribution is -2.21. The van der Waals surface area contributed by atoms with Gasteiger partial charge >= 0.3 is 0 Å². The Morgan fingerprint density at radius 1 is 0.842 bits per heavy atom. The predicted molar refractivity (Wildman–Crippen MR) is 79.0 cm³/mol. The van der Waals surface area contributed by atoms with E-state index in [9.17, 15) is 4.79 Å². The Labute approximate surface area is 117 Å². The minimum atomic E-state index is -0.0214. The van der Waals surface area contributed by atoms with Gasteiger partial charge < -0.3 is 11.5 Å². The Hall–Kier alpha value is -2.33. The van der Waals surface area contributed by atoms with Gasteiger partial charge in [0.25, 0.3) is 0 Å². The molecule has 4 nitrogen and oxygen atoms in total. The van der Waals surface area contributed by atoms with Gasteiger partial charge in [0.05, 0.1) is 5.69 Å². The van der Waals surface area contributed by atoms with E-state index in [-0.39, 0.29) is 24.1 Å². The highest BCUT2D eigenvalue weighted by Crippen LogP contribution is 2.15. The van der Waals surface area contributed by atoms with Crippen molar-refractivity contribution in [3.63, 3.8) is 0 Å². The molecule has 0 fully saturated rings. The molecule has 0 aromatic heterocycles. The van der Waals surface area contributed by atoms with Crippen LogP contribution < -0.4 is 11.5 Å². The summed E-state index contributed by atoms with van der Waals surface area (Å²) < 4.78 is 0. The monoisotopic (exact) mass is 275 g/mol. The molecule has 0 heterocycles. The zero-order valence-corrected chi connectivity index (χ0v) is 10.9. The highest BCUT2D eigenvalue weighted by molar-refractivity contribution is 6.09. The number of nitrogens with two attached hydrogens (primary N) is 2. The molecule has 2 aromatic carbocycles. The first-order valence-electron chi connectivity index (χ1n) is 5.46. The Bertz CT molecular complexity index is 575. The lowest BCUT2D eigenvalue weighted by molar-refractivity contribution is 0.103. The van der Waals surface area contributed by atoms with Crippen LogP contribution in [0.15, 0.2) is 59.6 Å². The van der Waals surface area contributed by atoms with Crippen LogP contribution in [-0.2, 0) is 0 Å². The number of hydrogen-bond acceptors (Lipinski definition) is 2. The quantitative estimate of drug-likeness (QED) is 0.512. The van der Waals surface area contributed by atoms with Gasteiger partial charge in [-0.3, -0.25) is 4.79 Å². The summed E-state index contributed by atoms with van der Waals surface area (Å²) in [6.45, 7) is 0. The number of aliphatic imine (C=N–C) groups is 1. The van der Waals surface area contributed by atoms with Crippen LogP contribution in [-0.4, -0.2) is 11.7 Å². The lowest BCUT2D eigenvalue weighted by Gasteiger charge is -2.01. The molecule has 0 unspecified atom stereocenters. The molecule has 0 saturated heterocycles. The van der Waals surface area contributed by atoms with E-state index in [1.807, 2.05) is 18.2 Å². The summed E-state index contributed by atoms with van der Waals surface area (Å²) in [5.41, 5.74) is 12.4. The number of carbonyl (C=O) groups is 1. The van der Waals surface area contributed by atoms with Crippen molar-refractivity contribution in [2.24, 2.45) is 16.5 Å². The first kappa shape index (κ1) is 14.7. The van der Waals surface area contributed by atoms with Crippen LogP contribution in [0.5, 0.6) is 0 Å². The zero-order chi connectivity index (χ0) is 13.0. The van der Waals surface area contributed by atoms with Gasteiger partial charge in [0.2, 0.25) is 0 Å². The summed E-state index contributed by atoms with van der Waals surface area (Å²) in [5.74, 6) is -0.0241. The Morgan fingerprint density at radius 3 is 1.89 bits per heavy atom. The molecule has 0 aliphatic rings. The van der Waals surface area contributed by atoms with Gasteiger partial charge in [-0.25, -0.2) is 4.99 Å². The fraction of sp³-hybridized carbons (Fsp3) is 0. The van der Waals surface area contributed by atoms with Crippen molar-refractivity contribution in [1.29, 1.82) is 0 Å². The van der Waals surface area contributed by atoms with Gasteiger partial charge in [-0.2, -0.15) is 0 Å². The van der Waals surface area contributed by atoms with Gasteiger partial charge in [0.15, 0.2) is 11.7 Å². The van der Waals surface area contributed by atoms with Crippen molar-refractivity contribution < 1.29 is 4.79 Å². The smallest absolute Gasteiger partial charge is 0.193 e. The standard InChI is InChI=1S/C14H13N3O.ClH/c15-14(16)17-12-8-6-11(7-9-12)13(18)10-4-2-1-3-5-10;/h1-9H,(H4,15,16,17);1H. The third-order valence-electron chi connectivity index (χ3n) is 2.42. The highest BCUT2D eigenvalue weighted by Gasteiger charge is 2.07. The largest absolute Gasteiger partial charge is 0.370 e. The van der Waals surface area contributed by atoms with Crippen LogP contribution >= 0.6 is 12.4 Å². The Balaban J connectivity index is 0.00000180. The molecule has 5 heteroatoms. The van der Waals surface area contributed by atoms with E-state index in [4.69, 9.17) is 11.5 Å². The van der Waals surface area contributed by atoms with Crippen LogP contribution in [0.2, 0.25) is 0 Å². The topological polar surface area (TPSA) is 81.5 Å². The average Bonchev–Trinajstić information content (AvgIpc) is 2.39. The molecule has 19 heavy (non-hydrogen) atoms.